The molecule has 0 amide bonds. The lowest BCUT2D eigenvalue weighted by Gasteiger charge is -2.33. The normalized spacial score (nSPS) is 16.5. The Hall–Kier alpha value is -2.04. The van der Waals surface area contributed by atoms with Crippen molar-refractivity contribution in [1.29, 1.82) is 0 Å². The minimum Gasteiger partial charge on any atom is -0.297 e. The average molecular weight is 289 g/mol. The first-order chi connectivity index (χ1) is 10.9. The second kappa shape index (κ2) is 7.29. The molecule has 3 rings (SSSR count). The van der Waals surface area contributed by atoms with Gasteiger partial charge in [0.15, 0.2) is 0 Å². The molecule has 1 saturated carbocycles. The molecule has 1 heteroatoms. The molecule has 1 N–H and O–H groups in total. The molecule has 0 heterocycles. The molecular weight excluding hydrogens is 266 g/mol. The van der Waals surface area contributed by atoms with E-state index in [1.54, 1.807) is 0 Å². The highest BCUT2D eigenvalue weighted by Gasteiger charge is 2.29. The summed E-state index contributed by atoms with van der Waals surface area (Å²) in [6.07, 6.45) is 6.18. The summed E-state index contributed by atoms with van der Waals surface area (Å²) in [7, 11) is 0. The molecule has 1 nitrogen and oxygen atoms in total. The van der Waals surface area contributed by atoms with Gasteiger partial charge in [-0.15, -0.1) is 0 Å². The van der Waals surface area contributed by atoms with Crippen LogP contribution in [-0.4, -0.2) is 5.54 Å². The Morgan fingerprint density at radius 3 is 2.14 bits per heavy atom. The minimum atomic E-state index is -0.0239. The van der Waals surface area contributed by atoms with Crippen molar-refractivity contribution in [2.24, 2.45) is 0 Å². The number of hydrogen-bond donors (Lipinski definition) is 1. The molecule has 112 valence electrons. The summed E-state index contributed by atoms with van der Waals surface area (Å²) in [6, 6.07) is 20.9. The third-order valence-corrected chi connectivity index (χ3v) is 4.40. The van der Waals surface area contributed by atoms with Gasteiger partial charge in [-0.2, -0.15) is 0 Å². The lowest BCUT2D eigenvalue weighted by atomic mass is 9.81. The van der Waals surface area contributed by atoms with Crippen LogP contribution in [0.3, 0.4) is 0 Å². The van der Waals surface area contributed by atoms with E-state index < -0.39 is 0 Å². The molecule has 1 aliphatic carbocycles. The van der Waals surface area contributed by atoms with E-state index in [2.05, 4.69) is 71.8 Å². The van der Waals surface area contributed by atoms with Crippen molar-refractivity contribution in [3.05, 3.63) is 71.8 Å². The van der Waals surface area contributed by atoms with E-state index in [0.717, 1.165) is 24.9 Å². The predicted octanol–water partition coefficient (Wildman–Crippen LogP) is 4.53. The second-order valence-electron chi connectivity index (χ2n) is 6.10. The fraction of sp³-hybridized carbons (Fsp3) is 0.333. The van der Waals surface area contributed by atoms with Crippen LogP contribution in [0.4, 0.5) is 0 Å². The summed E-state index contributed by atoms with van der Waals surface area (Å²) in [5.74, 6) is 6.94. The van der Waals surface area contributed by atoms with Crippen molar-refractivity contribution < 1.29 is 0 Å². The van der Waals surface area contributed by atoms with Crippen molar-refractivity contribution in [1.82, 2.24) is 5.32 Å². The SMILES string of the molecule is C(#CC1(NCc2ccccc2)CCCCC1)c1ccccc1. The van der Waals surface area contributed by atoms with E-state index in [4.69, 9.17) is 0 Å². The summed E-state index contributed by atoms with van der Waals surface area (Å²) >= 11 is 0. The van der Waals surface area contributed by atoms with E-state index >= 15 is 0 Å². The molecule has 0 atom stereocenters. The van der Waals surface area contributed by atoms with Crippen LogP contribution in [0.1, 0.15) is 43.2 Å². The Balaban J connectivity index is 1.75. The molecule has 1 fully saturated rings. The zero-order valence-corrected chi connectivity index (χ0v) is 13.0. The molecule has 0 spiro atoms. The number of benzene rings is 2. The Kier molecular flexibility index (Phi) is 4.93. The third kappa shape index (κ3) is 4.00. The Morgan fingerprint density at radius 2 is 1.45 bits per heavy atom. The van der Waals surface area contributed by atoms with Gasteiger partial charge < -0.3 is 0 Å². The zero-order chi connectivity index (χ0) is 15.1. The summed E-state index contributed by atoms with van der Waals surface area (Å²) in [4.78, 5) is 0. The van der Waals surface area contributed by atoms with Crippen molar-refractivity contribution >= 4 is 0 Å². The van der Waals surface area contributed by atoms with Gasteiger partial charge in [0.25, 0.3) is 0 Å². The van der Waals surface area contributed by atoms with Gasteiger partial charge in [-0.05, 0) is 30.5 Å². The molecule has 22 heavy (non-hydrogen) atoms. The van der Waals surface area contributed by atoms with Crippen LogP contribution in [0.2, 0.25) is 0 Å². The van der Waals surface area contributed by atoms with E-state index in [9.17, 15) is 0 Å². The predicted molar refractivity (Wildman–Crippen MR) is 92.4 cm³/mol. The molecular formula is C21H23N. The molecule has 0 unspecified atom stereocenters. The smallest absolute Gasteiger partial charge is 0.0807 e. The standard InChI is InChI=1S/C21H23N/c1-4-10-19(11-5-1)14-17-21(15-8-3-9-16-21)22-18-20-12-6-2-7-13-20/h1-2,4-7,10-13,22H,3,8-9,15-16,18H2. The van der Waals surface area contributed by atoms with Crippen molar-refractivity contribution in [3.63, 3.8) is 0 Å². The summed E-state index contributed by atoms with van der Waals surface area (Å²) in [5.41, 5.74) is 2.41. The van der Waals surface area contributed by atoms with Crippen LogP contribution in [-0.2, 0) is 6.54 Å². The van der Waals surface area contributed by atoms with Gasteiger partial charge in [-0.3, -0.25) is 5.32 Å². The van der Waals surface area contributed by atoms with Crippen molar-refractivity contribution in [3.8, 4) is 11.8 Å². The Morgan fingerprint density at radius 1 is 0.818 bits per heavy atom. The van der Waals surface area contributed by atoms with Gasteiger partial charge in [-0.25, -0.2) is 0 Å². The maximum Gasteiger partial charge on any atom is 0.0807 e. The summed E-state index contributed by atoms with van der Waals surface area (Å²) < 4.78 is 0. The van der Waals surface area contributed by atoms with E-state index in [1.807, 2.05) is 6.07 Å². The number of nitrogens with one attached hydrogen (secondary N) is 1. The first kappa shape index (κ1) is 14.9. The van der Waals surface area contributed by atoms with E-state index in [0.29, 0.717) is 0 Å². The molecule has 0 bridgehead atoms. The maximum absolute atomic E-state index is 3.75. The molecule has 2 aromatic rings. The van der Waals surface area contributed by atoms with Crippen LogP contribution in [0.15, 0.2) is 60.7 Å². The van der Waals surface area contributed by atoms with Gasteiger partial charge in [0.1, 0.15) is 0 Å². The topological polar surface area (TPSA) is 12.0 Å². The van der Waals surface area contributed by atoms with Crippen LogP contribution >= 0.6 is 0 Å². The first-order valence-corrected chi connectivity index (χ1v) is 8.24. The molecule has 2 aromatic carbocycles. The van der Waals surface area contributed by atoms with Gasteiger partial charge in [-0.1, -0.05) is 79.6 Å². The fourth-order valence-corrected chi connectivity index (χ4v) is 3.08. The molecule has 0 aliphatic heterocycles. The summed E-state index contributed by atoms with van der Waals surface area (Å²) in [5, 5.41) is 3.75. The van der Waals surface area contributed by atoms with Crippen LogP contribution < -0.4 is 5.32 Å². The van der Waals surface area contributed by atoms with E-state index in [-0.39, 0.29) is 5.54 Å². The minimum absolute atomic E-state index is 0.0239. The quantitative estimate of drug-likeness (QED) is 0.819. The van der Waals surface area contributed by atoms with E-state index in [1.165, 1.54) is 24.8 Å². The van der Waals surface area contributed by atoms with Crippen molar-refractivity contribution in [2.45, 2.75) is 44.2 Å². The van der Waals surface area contributed by atoms with Gasteiger partial charge in [0.2, 0.25) is 0 Å². The number of hydrogen-bond acceptors (Lipinski definition) is 1. The molecule has 0 saturated heterocycles. The monoisotopic (exact) mass is 289 g/mol. The van der Waals surface area contributed by atoms with Crippen LogP contribution in [0.25, 0.3) is 0 Å². The fourth-order valence-electron chi connectivity index (χ4n) is 3.08. The zero-order valence-electron chi connectivity index (χ0n) is 13.0. The van der Waals surface area contributed by atoms with Crippen molar-refractivity contribution in [2.75, 3.05) is 0 Å². The highest BCUT2D eigenvalue weighted by Crippen LogP contribution is 2.28. The lowest BCUT2D eigenvalue weighted by Crippen LogP contribution is -2.45. The number of rotatable bonds is 3. The Bertz CT molecular complexity index is 628. The van der Waals surface area contributed by atoms with Gasteiger partial charge in [0, 0.05) is 12.1 Å². The maximum atomic E-state index is 3.75. The van der Waals surface area contributed by atoms with Crippen LogP contribution in [0.5, 0.6) is 0 Å². The van der Waals surface area contributed by atoms with Crippen LogP contribution in [0, 0.1) is 11.8 Å². The highest BCUT2D eigenvalue weighted by atomic mass is 15.0. The first-order valence-electron chi connectivity index (χ1n) is 8.24. The van der Waals surface area contributed by atoms with Gasteiger partial charge in [0.05, 0.1) is 5.54 Å². The molecule has 0 aromatic heterocycles. The summed E-state index contributed by atoms with van der Waals surface area (Å²) in [6.45, 7) is 0.893. The second-order valence-corrected chi connectivity index (χ2v) is 6.10. The lowest BCUT2D eigenvalue weighted by molar-refractivity contribution is 0.299. The highest BCUT2D eigenvalue weighted by molar-refractivity contribution is 5.37. The largest absolute Gasteiger partial charge is 0.297 e. The Labute approximate surface area is 133 Å². The molecule has 1 aliphatic rings. The van der Waals surface area contributed by atoms with Gasteiger partial charge >= 0.3 is 0 Å². The molecule has 0 radical (unpaired) electrons. The third-order valence-electron chi connectivity index (χ3n) is 4.40. The average Bonchev–Trinajstić information content (AvgIpc) is 2.61.